The van der Waals surface area contributed by atoms with Crippen molar-refractivity contribution in [3.8, 4) is 6.07 Å². The van der Waals surface area contributed by atoms with Crippen LogP contribution in [0.4, 0.5) is 0 Å². The third kappa shape index (κ3) is 2.24. The molecule has 0 fully saturated rings. The van der Waals surface area contributed by atoms with Gasteiger partial charge in [0.05, 0.1) is 17.0 Å². The third-order valence-electron chi connectivity index (χ3n) is 2.92. The molecule has 0 radical (unpaired) electrons. The molecule has 3 heteroatoms. The summed E-state index contributed by atoms with van der Waals surface area (Å²) in [6.07, 6.45) is 3.50. The fraction of sp³-hybridized carbons (Fsp3) is 0. The average molecular weight is 245 g/mol. The number of nitrogens with one attached hydrogen (secondary N) is 1. The largest absolute Gasteiger partial charge is 0.354 e. The van der Waals surface area contributed by atoms with Crippen LogP contribution in [0.5, 0.6) is 0 Å². The molecule has 19 heavy (non-hydrogen) atoms. The second-order valence-electron chi connectivity index (χ2n) is 4.19. The summed E-state index contributed by atoms with van der Waals surface area (Å²) in [4.78, 5) is 7.45. The van der Waals surface area contributed by atoms with Crippen LogP contribution in [0, 0.1) is 11.3 Å². The first-order chi connectivity index (χ1) is 9.36. The fourth-order valence-electron chi connectivity index (χ4n) is 2.00. The number of fused-ring (bicyclic) bond motifs is 1. The van der Waals surface area contributed by atoms with Gasteiger partial charge in [0.1, 0.15) is 6.07 Å². The van der Waals surface area contributed by atoms with Crippen molar-refractivity contribution in [2.24, 2.45) is 0 Å². The van der Waals surface area contributed by atoms with E-state index in [4.69, 9.17) is 0 Å². The molecule has 0 saturated carbocycles. The molecule has 2 aromatic heterocycles. The summed E-state index contributed by atoms with van der Waals surface area (Å²) in [5.74, 6) is 0. The Kier molecular flexibility index (Phi) is 2.83. The van der Waals surface area contributed by atoms with E-state index < -0.39 is 0 Å². The van der Waals surface area contributed by atoms with Crippen molar-refractivity contribution in [2.45, 2.75) is 0 Å². The topological polar surface area (TPSA) is 52.5 Å². The first-order valence-corrected chi connectivity index (χ1v) is 5.98. The molecule has 1 aromatic carbocycles. The number of para-hydroxylation sites is 1. The zero-order valence-corrected chi connectivity index (χ0v) is 10.2. The number of nitrogens with zero attached hydrogens (tertiary/aromatic N) is 2. The van der Waals surface area contributed by atoms with Crippen molar-refractivity contribution in [1.82, 2.24) is 9.97 Å². The van der Waals surface area contributed by atoms with Gasteiger partial charge in [-0.1, -0.05) is 24.3 Å². The number of nitriles is 1. The SMILES string of the molecule is N#C/C(=C\c1ccccn1)c1cc2ccccc2[nH]1. The van der Waals surface area contributed by atoms with Gasteiger partial charge in [0, 0.05) is 17.1 Å². The third-order valence-corrected chi connectivity index (χ3v) is 2.92. The molecule has 3 aromatic rings. The highest BCUT2D eigenvalue weighted by atomic mass is 14.7. The molecule has 0 aliphatic heterocycles. The van der Waals surface area contributed by atoms with Gasteiger partial charge in [0.25, 0.3) is 0 Å². The summed E-state index contributed by atoms with van der Waals surface area (Å²) in [7, 11) is 0. The average Bonchev–Trinajstić information content (AvgIpc) is 2.89. The lowest BCUT2D eigenvalue weighted by Crippen LogP contribution is -1.83. The first kappa shape index (κ1) is 11.2. The van der Waals surface area contributed by atoms with Gasteiger partial charge in [-0.3, -0.25) is 4.98 Å². The van der Waals surface area contributed by atoms with Crippen molar-refractivity contribution < 1.29 is 0 Å². The number of rotatable bonds is 2. The Hall–Kier alpha value is -2.86. The number of H-pyrrole nitrogens is 1. The van der Waals surface area contributed by atoms with Crippen LogP contribution in [0.25, 0.3) is 22.6 Å². The summed E-state index contributed by atoms with van der Waals surface area (Å²) >= 11 is 0. The van der Waals surface area contributed by atoms with Gasteiger partial charge >= 0.3 is 0 Å². The second-order valence-corrected chi connectivity index (χ2v) is 4.19. The van der Waals surface area contributed by atoms with Crippen molar-refractivity contribution in [1.29, 1.82) is 5.26 Å². The molecule has 3 nitrogen and oxygen atoms in total. The van der Waals surface area contributed by atoms with E-state index in [0.717, 1.165) is 22.3 Å². The van der Waals surface area contributed by atoms with Crippen molar-refractivity contribution >= 4 is 22.6 Å². The van der Waals surface area contributed by atoms with E-state index in [-0.39, 0.29) is 0 Å². The van der Waals surface area contributed by atoms with Gasteiger partial charge in [-0.2, -0.15) is 5.26 Å². The van der Waals surface area contributed by atoms with Crippen molar-refractivity contribution in [3.05, 3.63) is 66.1 Å². The molecule has 0 aliphatic carbocycles. The summed E-state index contributed by atoms with van der Waals surface area (Å²) in [6, 6.07) is 17.8. The zero-order chi connectivity index (χ0) is 13.1. The van der Waals surface area contributed by atoms with E-state index in [2.05, 4.69) is 16.0 Å². The van der Waals surface area contributed by atoms with Crippen LogP contribution >= 0.6 is 0 Å². The summed E-state index contributed by atoms with van der Waals surface area (Å²) in [6.45, 7) is 0. The number of hydrogen-bond donors (Lipinski definition) is 1. The van der Waals surface area contributed by atoms with E-state index in [0.29, 0.717) is 5.57 Å². The Morgan fingerprint density at radius 1 is 1.16 bits per heavy atom. The number of pyridine rings is 1. The molecule has 1 N–H and O–H groups in total. The number of aromatic nitrogens is 2. The van der Waals surface area contributed by atoms with Crippen molar-refractivity contribution in [3.63, 3.8) is 0 Å². The van der Waals surface area contributed by atoms with Crippen LogP contribution in [-0.4, -0.2) is 9.97 Å². The molecule has 3 rings (SSSR count). The van der Waals surface area contributed by atoms with E-state index in [1.165, 1.54) is 0 Å². The molecule has 0 atom stereocenters. The highest BCUT2D eigenvalue weighted by Gasteiger charge is 2.05. The smallest absolute Gasteiger partial charge is 0.101 e. The summed E-state index contributed by atoms with van der Waals surface area (Å²) in [5, 5.41) is 10.4. The predicted octanol–water partition coefficient (Wildman–Crippen LogP) is 3.63. The number of benzene rings is 1. The predicted molar refractivity (Wildman–Crippen MR) is 76.0 cm³/mol. The van der Waals surface area contributed by atoms with Crippen molar-refractivity contribution in [2.75, 3.05) is 0 Å². The maximum absolute atomic E-state index is 9.30. The second kappa shape index (κ2) is 4.79. The Balaban J connectivity index is 2.08. The minimum absolute atomic E-state index is 0.579. The molecule has 0 aliphatic rings. The van der Waals surface area contributed by atoms with E-state index in [9.17, 15) is 5.26 Å². The Morgan fingerprint density at radius 2 is 2.00 bits per heavy atom. The Labute approximate surface area is 110 Å². The molecule has 0 spiro atoms. The van der Waals surface area contributed by atoms with Crippen LogP contribution in [-0.2, 0) is 0 Å². The zero-order valence-electron chi connectivity index (χ0n) is 10.2. The Morgan fingerprint density at radius 3 is 2.74 bits per heavy atom. The van der Waals surface area contributed by atoms with Gasteiger partial charge in [0.2, 0.25) is 0 Å². The monoisotopic (exact) mass is 245 g/mol. The maximum Gasteiger partial charge on any atom is 0.101 e. The lowest BCUT2D eigenvalue weighted by Gasteiger charge is -1.95. The quantitative estimate of drug-likeness (QED) is 0.701. The van der Waals surface area contributed by atoms with Crippen LogP contribution in [0.2, 0.25) is 0 Å². The molecule has 0 unspecified atom stereocenters. The van der Waals surface area contributed by atoms with Gasteiger partial charge in [-0.05, 0) is 30.3 Å². The molecule has 90 valence electrons. The van der Waals surface area contributed by atoms with Gasteiger partial charge in [-0.15, -0.1) is 0 Å². The summed E-state index contributed by atoms with van der Waals surface area (Å²) in [5.41, 5.74) is 3.20. The van der Waals surface area contributed by atoms with E-state index in [1.54, 1.807) is 12.3 Å². The highest BCUT2D eigenvalue weighted by molar-refractivity contribution is 5.93. The normalized spacial score (nSPS) is 11.4. The van der Waals surface area contributed by atoms with Gasteiger partial charge in [0.15, 0.2) is 0 Å². The molecular formula is C16H11N3. The Bertz CT molecular complexity index is 743. The minimum atomic E-state index is 0.579. The summed E-state index contributed by atoms with van der Waals surface area (Å²) < 4.78 is 0. The molecule has 0 saturated heterocycles. The van der Waals surface area contributed by atoms with Crippen LogP contribution < -0.4 is 0 Å². The highest BCUT2D eigenvalue weighted by Crippen LogP contribution is 2.21. The lowest BCUT2D eigenvalue weighted by atomic mass is 10.1. The van der Waals surface area contributed by atoms with Crippen LogP contribution in [0.15, 0.2) is 54.7 Å². The lowest BCUT2D eigenvalue weighted by molar-refractivity contribution is 1.29. The van der Waals surface area contributed by atoms with Crippen LogP contribution in [0.1, 0.15) is 11.4 Å². The molecular weight excluding hydrogens is 234 g/mol. The number of hydrogen-bond acceptors (Lipinski definition) is 2. The number of aromatic amines is 1. The standard InChI is InChI=1S/C16H11N3/c17-11-13(9-14-6-3-4-8-18-14)16-10-12-5-1-2-7-15(12)19-16/h1-10,19H/b13-9+. The maximum atomic E-state index is 9.30. The molecule has 0 bridgehead atoms. The van der Waals surface area contributed by atoms with E-state index >= 15 is 0 Å². The van der Waals surface area contributed by atoms with Gasteiger partial charge < -0.3 is 4.98 Å². The first-order valence-electron chi connectivity index (χ1n) is 5.98. The fourth-order valence-corrected chi connectivity index (χ4v) is 2.00. The minimum Gasteiger partial charge on any atom is -0.354 e. The van der Waals surface area contributed by atoms with Crippen LogP contribution in [0.3, 0.4) is 0 Å². The van der Waals surface area contributed by atoms with Gasteiger partial charge in [-0.25, -0.2) is 0 Å². The number of allylic oxidation sites excluding steroid dienone is 1. The molecule has 2 heterocycles. The van der Waals surface area contributed by atoms with E-state index in [1.807, 2.05) is 48.5 Å². The molecule has 0 amide bonds.